The molecule has 1 saturated heterocycles. The van der Waals surface area contributed by atoms with Crippen molar-refractivity contribution in [3.63, 3.8) is 0 Å². The highest BCUT2D eigenvalue weighted by Crippen LogP contribution is 2.43. The van der Waals surface area contributed by atoms with Gasteiger partial charge in [0.1, 0.15) is 6.04 Å². The molecule has 0 aromatic heterocycles. The Kier molecular flexibility index (Phi) is 12.7. The first-order valence-corrected chi connectivity index (χ1v) is 16.4. The van der Waals surface area contributed by atoms with Crippen molar-refractivity contribution in [2.45, 2.75) is 82.4 Å². The Labute approximate surface area is 277 Å². The van der Waals surface area contributed by atoms with Gasteiger partial charge in [0.15, 0.2) is 6.10 Å². The minimum atomic E-state index is -3.71. The highest BCUT2D eigenvalue weighted by molar-refractivity contribution is 6.38. The van der Waals surface area contributed by atoms with Gasteiger partial charge in [-0.15, -0.1) is 0 Å². The summed E-state index contributed by atoms with van der Waals surface area (Å²) >= 11 is 6.00. The van der Waals surface area contributed by atoms with Crippen LogP contribution in [0.2, 0.25) is 5.02 Å². The lowest BCUT2D eigenvalue weighted by Gasteiger charge is -2.30. The molecule has 1 aliphatic heterocycles. The van der Waals surface area contributed by atoms with E-state index in [1.807, 2.05) is 0 Å². The lowest BCUT2D eigenvalue weighted by Crippen LogP contribution is -2.55. The molecule has 4 N–H and O–H groups in total. The number of rotatable bonds is 14. The number of Topliss-reactive ketones (excluding diaryl/α,β-unsaturated/α-hetero) is 1. The molecule has 2 aromatic carbocycles. The monoisotopic (exact) mass is 674 g/mol. The SMILES string of the molecule is CCNC(=O)C(=O)[C@H](C[C@@H]1CCNC1=O)NC(=O)[C@H](CC1CCCCC1)NC(=O)OC(c1ccccc1)C(F)(F)c1cccc(Cl)c1. The van der Waals surface area contributed by atoms with E-state index in [1.54, 1.807) is 13.0 Å². The fraction of sp³-hybridized carbons (Fsp3) is 0.500. The van der Waals surface area contributed by atoms with E-state index >= 15 is 8.78 Å². The summed E-state index contributed by atoms with van der Waals surface area (Å²) in [5.74, 6) is -7.20. The Morgan fingerprint density at radius 3 is 2.32 bits per heavy atom. The van der Waals surface area contributed by atoms with Crippen LogP contribution in [0, 0.1) is 11.8 Å². The molecule has 4 atom stereocenters. The summed E-state index contributed by atoms with van der Waals surface area (Å²) in [6, 6.07) is 9.97. The molecule has 4 amide bonds. The minimum Gasteiger partial charge on any atom is -0.434 e. The molecular formula is C34H41ClF2N4O6. The number of nitrogens with one attached hydrogen (secondary N) is 4. The molecule has 0 spiro atoms. The van der Waals surface area contributed by atoms with Gasteiger partial charge >= 0.3 is 12.0 Å². The average molecular weight is 675 g/mol. The molecule has 10 nitrogen and oxygen atoms in total. The standard InChI is InChI=1S/C34H41ClF2N4O6/c1-2-38-32(45)28(42)26(19-23-16-17-39-30(23)43)40-31(44)27(18-21-10-5-3-6-11-21)41-33(46)47-29(22-12-7-4-8-13-22)34(36,37)24-14-9-15-25(35)20-24/h4,7-9,12-15,20-21,23,26-27,29H,2-3,5-6,10-11,16-19H2,1H3,(H,38,45)(H,39,43)(H,40,44)(H,41,46)/t23-,26-,27-,29?/m0/s1. The van der Waals surface area contributed by atoms with Crippen molar-refractivity contribution in [3.05, 3.63) is 70.7 Å². The zero-order valence-electron chi connectivity index (χ0n) is 26.2. The quantitative estimate of drug-likeness (QED) is 0.209. The summed E-state index contributed by atoms with van der Waals surface area (Å²) in [5.41, 5.74) is -0.450. The topological polar surface area (TPSA) is 143 Å². The van der Waals surface area contributed by atoms with E-state index in [1.165, 1.54) is 42.5 Å². The van der Waals surface area contributed by atoms with Gasteiger partial charge in [-0.2, -0.15) is 8.78 Å². The summed E-state index contributed by atoms with van der Waals surface area (Å²) < 4.78 is 37.4. The van der Waals surface area contributed by atoms with E-state index in [0.29, 0.717) is 13.0 Å². The molecule has 13 heteroatoms. The highest BCUT2D eigenvalue weighted by atomic mass is 35.5. The fourth-order valence-electron chi connectivity index (χ4n) is 6.16. The molecule has 47 heavy (non-hydrogen) atoms. The molecule has 4 rings (SSSR count). The minimum absolute atomic E-state index is 0.0170. The zero-order valence-corrected chi connectivity index (χ0v) is 27.0. The van der Waals surface area contributed by atoms with Gasteiger partial charge in [-0.05, 0) is 49.8 Å². The van der Waals surface area contributed by atoms with Gasteiger partial charge in [-0.3, -0.25) is 19.2 Å². The number of benzene rings is 2. The largest absolute Gasteiger partial charge is 0.434 e. The number of amides is 4. The van der Waals surface area contributed by atoms with Gasteiger partial charge in [0.2, 0.25) is 17.6 Å². The highest BCUT2D eigenvalue weighted by Gasteiger charge is 2.46. The third-order valence-electron chi connectivity index (χ3n) is 8.65. The van der Waals surface area contributed by atoms with Crippen molar-refractivity contribution < 1.29 is 37.5 Å². The van der Waals surface area contributed by atoms with Gasteiger partial charge in [-0.25, -0.2) is 4.79 Å². The molecule has 1 heterocycles. The van der Waals surface area contributed by atoms with Crippen molar-refractivity contribution in [1.82, 2.24) is 21.3 Å². The molecule has 1 saturated carbocycles. The first kappa shape index (κ1) is 35.8. The van der Waals surface area contributed by atoms with Crippen LogP contribution < -0.4 is 21.3 Å². The molecule has 2 aliphatic rings. The van der Waals surface area contributed by atoms with Gasteiger partial charge in [-0.1, -0.05) is 86.2 Å². The summed E-state index contributed by atoms with van der Waals surface area (Å²) in [7, 11) is 0. The third kappa shape index (κ3) is 9.73. The van der Waals surface area contributed by atoms with Crippen LogP contribution in [0.15, 0.2) is 54.6 Å². The summed E-state index contributed by atoms with van der Waals surface area (Å²) in [4.78, 5) is 65.1. The Bertz CT molecular complexity index is 1420. The number of carbonyl (C=O) groups is 5. The van der Waals surface area contributed by atoms with E-state index in [4.69, 9.17) is 16.3 Å². The zero-order chi connectivity index (χ0) is 34.0. The summed E-state index contributed by atoms with van der Waals surface area (Å²) in [5, 5.41) is 10.2. The van der Waals surface area contributed by atoms with Crippen molar-refractivity contribution in [1.29, 1.82) is 0 Å². The lowest BCUT2D eigenvalue weighted by atomic mass is 9.84. The average Bonchev–Trinajstić information content (AvgIpc) is 3.47. The fourth-order valence-corrected chi connectivity index (χ4v) is 6.35. The number of alkyl halides is 2. The van der Waals surface area contributed by atoms with E-state index < -0.39 is 59.3 Å². The first-order valence-electron chi connectivity index (χ1n) is 16.1. The van der Waals surface area contributed by atoms with Gasteiger partial charge in [0.25, 0.3) is 5.91 Å². The van der Waals surface area contributed by atoms with Crippen molar-refractivity contribution in [2.75, 3.05) is 13.1 Å². The van der Waals surface area contributed by atoms with Crippen molar-refractivity contribution in [2.24, 2.45) is 11.8 Å². The van der Waals surface area contributed by atoms with E-state index in [0.717, 1.165) is 38.2 Å². The predicted molar refractivity (Wildman–Crippen MR) is 170 cm³/mol. The van der Waals surface area contributed by atoms with E-state index in [-0.39, 0.29) is 41.8 Å². The summed E-state index contributed by atoms with van der Waals surface area (Å²) in [6.45, 7) is 2.21. The maximum Gasteiger partial charge on any atom is 0.408 e. The molecular weight excluding hydrogens is 634 g/mol. The number of alkyl carbamates (subject to hydrolysis) is 1. The van der Waals surface area contributed by atoms with Crippen LogP contribution in [0.25, 0.3) is 0 Å². The van der Waals surface area contributed by atoms with Crippen LogP contribution in [0.1, 0.15) is 75.5 Å². The maximum atomic E-state index is 16.0. The van der Waals surface area contributed by atoms with Crippen molar-refractivity contribution in [3.8, 4) is 0 Å². The Morgan fingerprint density at radius 2 is 1.68 bits per heavy atom. The molecule has 1 unspecified atom stereocenters. The second-order valence-electron chi connectivity index (χ2n) is 12.1. The number of hydrogen-bond donors (Lipinski definition) is 4. The summed E-state index contributed by atoms with van der Waals surface area (Å²) in [6.07, 6.45) is 1.61. The van der Waals surface area contributed by atoms with Gasteiger partial charge in [0, 0.05) is 29.6 Å². The lowest BCUT2D eigenvalue weighted by molar-refractivity contribution is -0.141. The molecule has 1 aliphatic carbocycles. The predicted octanol–water partition coefficient (Wildman–Crippen LogP) is 4.95. The van der Waals surface area contributed by atoms with Crippen LogP contribution in [0.4, 0.5) is 13.6 Å². The number of halogens is 3. The Morgan fingerprint density at radius 1 is 0.957 bits per heavy atom. The molecule has 2 aromatic rings. The van der Waals surface area contributed by atoms with Crippen LogP contribution in [-0.4, -0.2) is 54.8 Å². The Hall–Kier alpha value is -4.06. The number of likely N-dealkylation sites (N-methyl/N-ethyl adjacent to an activating group) is 1. The first-order chi connectivity index (χ1) is 22.5. The number of carbonyl (C=O) groups excluding carboxylic acids is 5. The van der Waals surface area contributed by atoms with Crippen LogP contribution >= 0.6 is 11.6 Å². The molecule has 254 valence electrons. The third-order valence-corrected chi connectivity index (χ3v) is 8.88. The normalized spacial score (nSPS) is 18.7. The molecule has 0 bridgehead atoms. The molecule has 2 fully saturated rings. The van der Waals surface area contributed by atoms with Gasteiger partial charge < -0.3 is 26.0 Å². The van der Waals surface area contributed by atoms with Crippen LogP contribution in [0.3, 0.4) is 0 Å². The smallest absolute Gasteiger partial charge is 0.408 e. The maximum absolute atomic E-state index is 16.0. The number of hydrogen-bond acceptors (Lipinski definition) is 6. The van der Waals surface area contributed by atoms with E-state index in [2.05, 4.69) is 21.3 Å². The molecule has 0 radical (unpaired) electrons. The Balaban J connectivity index is 1.58. The number of ether oxygens (including phenoxy) is 1. The van der Waals surface area contributed by atoms with Gasteiger partial charge in [0.05, 0.1) is 6.04 Å². The van der Waals surface area contributed by atoms with E-state index in [9.17, 15) is 24.0 Å². The number of ketones is 1. The van der Waals surface area contributed by atoms with Crippen LogP contribution in [-0.2, 0) is 29.8 Å². The second-order valence-corrected chi connectivity index (χ2v) is 12.5. The second kappa shape index (κ2) is 16.7. The van der Waals surface area contributed by atoms with Crippen LogP contribution in [0.5, 0.6) is 0 Å². The van der Waals surface area contributed by atoms with Crippen molar-refractivity contribution >= 4 is 41.2 Å².